The van der Waals surface area contributed by atoms with Gasteiger partial charge in [0.15, 0.2) is 0 Å². The molecule has 0 unspecified atom stereocenters. The second-order valence-electron chi connectivity index (χ2n) is 5.20. The number of methoxy groups -OCH3 is 2. The second kappa shape index (κ2) is 7.95. The lowest BCUT2D eigenvalue weighted by Gasteiger charge is -2.11. The van der Waals surface area contributed by atoms with Crippen molar-refractivity contribution < 1.29 is 33.9 Å². The number of ether oxygens (including phenoxy) is 2. The Bertz CT molecular complexity index is 904. The van der Waals surface area contributed by atoms with Crippen LogP contribution in [0.1, 0.15) is 31.1 Å². The van der Waals surface area contributed by atoms with E-state index in [1.165, 1.54) is 18.2 Å². The van der Waals surface area contributed by atoms with E-state index in [4.69, 9.17) is 5.11 Å². The molecule has 0 radical (unpaired) electrons. The van der Waals surface area contributed by atoms with Gasteiger partial charge in [-0.1, -0.05) is 0 Å². The van der Waals surface area contributed by atoms with Crippen LogP contribution in [0.15, 0.2) is 36.4 Å². The molecule has 0 saturated carbocycles. The van der Waals surface area contributed by atoms with Crippen molar-refractivity contribution >= 4 is 35.0 Å². The van der Waals surface area contributed by atoms with E-state index in [0.717, 1.165) is 32.4 Å². The van der Waals surface area contributed by atoms with Gasteiger partial charge < -0.3 is 19.9 Å². The molecule has 2 N–H and O–H groups in total. The number of nitro benzene ring substituents is 1. The average molecular weight is 374 g/mol. The molecule has 0 heterocycles. The summed E-state index contributed by atoms with van der Waals surface area (Å²) in [6.45, 7) is 0. The summed E-state index contributed by atoms with van der Waals surface area (Å²) in [5, 5.41) is 23.0. The lowest BCUT2D eigenvalue weighted by molar-refractivity contribution is -0.383. The van der Waals surface area contributed by atoms with Crippen molar-refractivity contribution in [1.82, 2.24) is 0 Å². The van der Waals surface area contributed by atoms with Crippen molar-refractivity contribution in [2.75, 3.05) is 19.5 Å². The monoisotopic (exact) mass is 374 g/mol. The van der Waals surface area contributed by atoms with E-state index >= 15 is 0 Å². The van der Waals surface area contributed by atoms with Crippen LogP contribution in [0.25, 0.3) is 0 Å². The van der Waals surface area contributed by atoms with Crippen molar-refractivity contribution in [2.24, 2.45) is 0 Å². The van der Waals surface area contributed by atoms with Crippen LogP contribution < -0.4 is 5.32 Å². The molecule has 0 aliphatic heterocycles. The fourth-order valence-corrected chi connectivity index (χ4v) is 2.26. The highest BCUT2D eigenvalue weighted by Crippen LogP contribution is 2.30. The fraction of sp³-hybridized carbons (Fsp3) is 0.118. The second-order valence-corrected chi connectivity index (χ2v) is 5.20. The molecule has 2 aromatic carbocycles. The summed E-state index contributed by atoms with van der Waals surface area (Å²) < 4.78 is 9.24. The first-order valence-electron chi connectivity index (χ1n) is 7.37. The van der Waals surface area contributed by atoms with Gasteiger partial charge in [-0.15, -0.1) is 0 Å². The van der Waals surface area contributed by atoms with E-state index in [1.54, 1.807) is 0 Å². The number of rotatable bonds is 6. The Morgan fingerprint density at radius 3 is 1.96 bits per heavy atom. The van der Waals surface area contributed by atoms with E-state index in [1.807, 2.05) is 0 Å². The summed E-state index contributed by atoms with van der Waals surface area (Å²) >= 11 is 0. The number of anilines is 2. The Hall–Kier alpha value is -3.95. The lowest BCUT2D eigenvalue weighted by Crippen LogP contribution is -2.08. The zero-order chi connectivity index (χ0) is 20.1. The van der Waals surface area contributed by atoms with E-state index < -0.39 is 22.8 Å². The number of benzene rings is 2. The van der Waals surface area contributed by atoms with Gasteiger partial charge >= 0.3 is 17.9 Å². The predicted molar refractivity (Wildman–Crippen MR) is 92.5 cm³/mol. The number of hydrogen-bond acceptors (Lipinski definition) is 8. The number of carboxylic acid groups (broad SMARTS) is 1. The van der Waals surface area contributed by atoms with Gasteiger partial charge in [0, 0.05) is 11.8 Å². The van der Waals surface area contributed by atoms with Crippen LogP contribution in [-0.4, -0.2) is 42.2 Å². The topological polar surface area (TPSA) is 145 Å². The fourth-order valence-electron chi connectivity index (χ4n) is 2.26. The molecule has 0 aliphatic carbocycles. The van der Waals surface area contributed by atoms with Crippen LogP contribution >= 0.6 is 0 Å². The number of carbonyl (C=O) groups excluding carboxylic acids is 2. The standard InChI is InChI=1S/C17H14N2O8/c1-26-16(22)10-5-11(17(23)27-2)7-12(6-10)18-13-8-9(15(20)21)3-4-14(13)19(24)25/h3-8,18H,1-2H3,(H,20,21). The van der Waals surface area contributed by atoms with Gasteiger partial charge in [-0.2, -0.15) is 0 Å². The molecule has 27 heavy (non-hydrogen) atoms. The Balaban J connectivity index is 2.57. The molecule has 0 saturated heterocycles. The molecule has 0 spiro atoms. The van der Waals surface area contributed by atoms with E-state index in [-0.39, 0.29) is 33.8 Å². The first kappa shape index (κ1) is 19.4. The molecule has 0 amide bonds. The number of nitrogens with zero attached hydrogens (tertiary/aromatic N) is 1. The Morgan fingerprint density at radius 1 is 0.963 bits per heavy atom. The molecule has 0 aromatic heterocycles. The minimum atomic E-state index is -1.27. The molecular weight excluding hydrogens is 360 g/mol. The van der Waals surface area contributed by atoms with Crippen molar-refractivity contribution in [3.8, 4) is 0 Å². The highest BCUT2D eigenvalue weighted by Gasteiger charge is 2.19. The Morgan fingerprint density at radius 2 is 1.52 bits per heavy atom. The van der Waals surface area contributed by atoms with E-state index in [9.17, 15) is 24.5 Å². The minimum Gasteiger partial charge on any atom is -0.478 e. The quantitative estimate of drug-likeness (QED) is 0.442. The van der Waals surface area contributed by atoms with Crippen LogP contribution in [0.2, 0.25) is 0 Å². The minimum absolute atomic E-state index is 0.0000535. The summed E-state index contributed by atoms with van der Waals surface area (Å²) in [6.07, 6.45) is 0. The molecular formula is C17H14N2O8. The van der Waals surface area contributed by atoms with Gasteiger partial charge in [-0.25, -0.2) is 14.4 Å². The van der Waals surface area contributed by atoms with Gasteiger partial charge in [0.25, 0.3) is 5.69 Å². The van der Waals surface area contributed by atoms with Crippen molar-refractivity contribution in [3.63, 3.8) is 0 Å². The summed E-state index contributed by atoms with van der Waals surface area (Å²) in [4.78, 5) is 45.3. The smallest absolute Gasteiger partial charge is 0.337 e. The maximum atomic E-state index is 11.8. The van der Waals surface area contributed by atoms with Crippen LogP contribution in [-0.2, 0) is 9.47 Å². The number of esters is 2. The molecule has 0 atom stereocenters. The van der Waals surface area contributed by atoms with Gasteiger partial charge in [-0.05, 0) is 30.3 Å². The Kier molecular flexibility index (Phi) is 5.71. The lowest BCUT2D eigenvalue weighted by atomic mass is 10.1. The molecule has 0 fully saturated rings. The molecule has 0 bridgehead atoms. The van der Waals surface area contributed by atoms with Crippen molar-refractivity contribution in [3.05, 3.63) is 63.2 Å². The molecule has 2 aromatic rings. The Labute approximate surface area is 152 Å². The van der Waals surface area contributed by atoms with E-state index in [2.05, 4.69) is 14.8 Å². The van der Waals surface area contributed by atoms with Crippen LogP contribution in [0, 0.1) is 10.1 Å². The highest BCUT2D eigenvalue weighted by atomic mass is 16.6. The molecule has 10 nitrogen and oxygen atoms in total. The highest BCUT2D eigenvalue weighted by molar-refractivity contribution is 5.97. The van der Waals surface area contributed by atoms with Gasteiger partial charge in [0.1, 0.15) is 5.69 Å². The number of nitrogens with one attached hydrogen (secondary N) is 1. The predicted octanol–water partition coefficient (Wildman–Crippen LogP) is 2.61. The zero-order valence-corrected chi connectivity index (χ0v) is 14.2. The van der Waals surface area contributed by atoms with Crippen LogP contribution in [0.5, 0.6) is 0 Å². The van der Waals surface area contributed by atoms with Crippen LogP contribution in [0.3, 0.4) is 0 Å². The summed E-state index contributed by atoms with van der Waals surface area (Å²) in [5.41, 5.74) is -0.565. The number of aromatic carboxylic acids is 1. The molecule has 0 aliphatic rings. The molecule has 140 valence electrons. The number of carbonyl (C=O) groups is 3. The normalized spacial score (nSPS) is 10.0. The first-order valence-corrected chi connectivity index (χ1v) is 7.37. The SMILES string of the molecule is COC(=O)c1cc(Nc2cc(C(=O)O)ccc2[N+](=O)[O-])cc(C(=O)OC)c1. The van der Waals surface area contributed by atoms with Crippen molar-refractivity contribution in [2.45, 2.75) is 0 Å². The van der Waals surface area contributed by atoms with Crippen LogP contribution in [0.4, 0.5) is 17.1 Å². The summed E-state index contributed by atoms with van der Waals surface area (Å²) in [5.74, 6) is -2.75. The first-order chi connectivity index (χ1) is 12.8. The van der Waals surface area contributed by atoms with Gasteiger partial charge in [0.2, 0.25) is 0 Å². The number of nitro groups is 1. The largest absolute Gasteiger partial charge is 0.478 e. The third kappa shape index (κ3) is 4.37. The average Bonchev–Trinajstić information content (AvgIpc) is 2.65. The third-order valence-corrected chi connectivity index (χ3v) is 3.49. The van der Waals surface area contributed by atoms with Gasteiger partial charge in [-0.3, -0.25) is 10.1 Å². The molecule has 2 rings (SSSR count). The zero-order valence-electron chi connectivity index (χ0n) is 14.2. The van der Waals surface area contributed by atoms with Crippen molar-refractivity contribution in [1.29, 1.82) is 0 Å². The van der Waals surface area contributed by atoms with Gasteiger partial charge in [0.05, 0.1) is 35.8 Å². The summed E-state index contributed by atoms with van der Waals surface area (Å²) in [7, 11) is 2.31. The third-order valence-electron chi connectivity index (χ3n) is 3.49. The maximum Gasteiger partial charge on any atom is 0.337 e. The maximum absolute atomic E-state index is 11.8. The summed E-state index contributed by atoms with van der Waals surface area (Å²) in [6, 6.07) is 7.05. The number of hydrogen-bond donors (Lipinski definition) is 2. The molecule has 10 heteroatoms. The number of carboxylic acids is 1. The van der Waals surface area contributed by atoms with E-state index in [0.29, 0.717) is 0 Å².